The monoisotopic (exact) mass is 594 g/mol. The Bertz CT molecular complexity index is 1550. The molecule has 1 saturated carbocycles. The molecule has 4 rings (SSSR count). The van der Waals surface area contributed by atoms with Crippen molar-refractivity contribution in [2.24, 2.45) is 0 Å². The SMILES string of the molecule is Cc1cc(Cl)cc(C(=O)NC2CCCCC2)c1NC(=O)c1cc(C(F)(F)F)nn1-c1ccc([N+](=O)[O-])cc1[N+](=O)[O-]. The van der Waals surface area contributed by atoms with E-state index in [-0.39, 0.29) is 22.3 Å². The Morgan fingerprint density at radius 2 is 1.71 bits per heavy atom. The van der Waals surface area contributed by atoms with Crippen LogP contribution in [0.1, 0.15) is 64.2 Å². The van der Waals surface area contributed by atoms with Crippen molar-refractivity contribution in [3.05, 3.63) is 84.2 Å². The number of benzene rings is 2. The van der Waals surface area contributed by atoms with Crippen LogP contribution in [-0.4, -0.2) is 37.5 Å². The van der Waals surface area contributed by atoms with Gasteiger partial charge in [-0.15, -0.1) is 0 Å². The van der Waals surface area contributed by atoms with Gasteiger partial charge in [0.1, 0.15) is 11.4 Å². The van der Waals surface area contributed by atoms with Gasteiger partial charge in [-0.2, -0.15) is 18.3 Å². The lowest BCUT2D eigenvalue weighted by Crippen LogP contribution is -2.36. The fraction of sp³-hybridized carbons (Fsp3) is 0.320. The molecule has 216 valence electrons. The van der Waals surface area contributed by atoms with Crippen LogP contribution in [-0.2, 0) is 6.18 Å². The molecule has 1 aliphatic carbocycles. The number of anilines is 1. The summed E-state index contributed by atoms with van der Waals surface area (Å²) in [6.45, 7) is 1.53. The number of alkyl halides is 3. The zero-order valence-corrected chi connectivity index (χ0v) is 22.1. The number of non-ortho nitro benzene ring substituents is 1. The Balaban J connectivity index is 1.78. The highest BCUT2D eigenvalue weighted by molar-refractivity contribution is 6.31. The summed E-state index contributed by atoms with van der Waals surface area (Å²) in [4.78, 5) is 47.4. The van der Waals surface area contributed by atoms with E-state index in [1.165, 1.54) is 19.1 Å². The molecular formula is C25H22ClF3N6O6. The molecule has 2 aromatic carbocycles. The highest BCUT2D eigenvalue weighted by Gasteiger charge is 2.37. The molecule has 2 N–H and O–H groups in total. The highest BCUT2D eigenvalue weighted by Crippen LogP contribution is 2.34. The number of amides is 2. The first-order valence-electron chi connectivity index (χ1n) is 12.3. The molecule has 0 spiro atoms. The molecule has 0 atom stereocenters. The fourth-order valence-electron chi connectivity index (χ4n) is 4.59. The first-order chi connectivity index (χ1) is 19.3. The van der Waals surface area contributed by atoms with Crippen LogP contribution < -0.4 is 10.6 Å². The summed E-state index contributed by atoms with van der Waals surface area (Å²) in [6.07, 6.45) is -0.602. The third-order valence-corrected chi connectivity index (χ3v) is 6.77. The number of aromatic nitrogens is 2. The number of hydrogen-bond donors (Lipinski definition) is 2. The summed E-state index contributed by atoms with van der Waals surface area (Å²) in [7, 11) is 0. The third kappa shape index (κ3) is 6.45. The lowest BCUT2D eigenvalue weighted by molar-refractivity contribution is -0.394. The third-order valence-electron chi connectivity index (χ3n) is 6.55. The smallest absolute Gasteiger partial charge is 0.349 e. The maximum atomic E-state index is 13.6. The summed E-state index contributed by atoms with van der Waals surface area (Å²) in [5.74, 6) is -1.73. The molecule has 16 heteroatoms. The molecule has 0 unspecified atom stereocenters. The van der Waals surface area contributed by atoms with Crippen molar-refractivity contribution in [1.82, 2.24) is 15.1 Å². The molecule has 3 aromatic rings. The van der Waals surface area contributed by atoms with E-state index >= 15 is 0 Å². The summed E-state index contributed by atoms with van der Waals surface area (Å²) in [5.41, 5.74) is -4.34. The van der Waals surface area contributed by atoms with Gasteiger partial charge < -0.3 is 10.6 Å². The number of nitrogens with one attached hydrogen (secondary N) is 2. The predicted octanol–water partition coefficient (Wildman–Crippen LogP) is 5.98. The van der Waals surface area contributed by atoms with Crippen molar-refractivity contribution in [3.8, 4) is 5.69 Å². The van der Waals surface area contributed by atoms with Crippen LogP contribution in [0.25, 0.3) is 5.69 Å². The van der Waals surface area contributed by atoms with Crippen molar-refractivity contribution in [2.45, 2.75) is 51.2 Å². The first-order valence-corrected chi connectivity index (χ1v) is 12.7. The molecule has 0 bridgehead atoms. The van der Waals surface area contributed by atoms with Gasteiger partial charge in [0.25, 0.3) is 17.5 Å². The topological polar surface area (TPSA) is 162 Å². The van der Waals surface area contributed by atoms with E-state index in [0.29, 0.717) is 22.4 Å². The molecule has 41 heavy (non-hydrogen) atoms. The Labute approximate surface area is 234 Å². The number of aryl methyl sites for hydroxylation is 1. The maximum Gasteiger partial charge on any atom is 0.435 e. The molecule has 0 radical (unpaired) electrons. The molecule has 1 aliphatic rings. The molecule has 0 aliphatic heterocycles. The van der Waals surface area contributed by atoms with Gasteiger partial charge in [-0.05, 0) is 43.5 Å². The number of nitro benzene ring substituents is 2. The van der Waals surface area contributed by atoms with Gasteiger partial charge in [-0.25, -0.2) is 4.68 Å². The summed E-state index contributed by atoms with van der Waals surface area (Å²) in [5, 5.41) is 31.6. The van der Waals surface area contributed by atoms with Crippen molar-refractivity contribution in [1.29, 1.82) is 0 Å². The average molecular weight is 595 g/mol. The van der Waals surface area contributed by atoms with E-state index in [4.69, 9.17) is 11.6 Å². The van der Waals surface area contributed by atoms with Crippen LogP contribution in [0, 0.1) is 27.2 Å². The van der Waals surface area contributed by atoms with E-state index < -0.39 is 56.3 Å². The molecule has 1 aromatic heterocycles. The van der Waals surface area contributed by atoms with Gasteiger partial charge in [-0.1, -0.05) is 30.9 Å². The van der Waals surface area contributed by atoms with Crippen LogP contribution >= 0.6 is 11.6 Å². The second-order valence-corrected chi connectivity index (χ2v) is 9.86. The maximum absolute atomic E-state index is 13.6. The van der Waals surface area contributed by atoms with Crippen molar-refractivity contribution >= 4 is 40.5 Å². The molecule has 1 fully saturated rings. The average Bonchev–Trinajstić information content (AvgIpc) is 3.36. The van der Waals surface area contributed by atoms with E-state index in [9.17, 15) is 43.0 Å². The quantitative estimate of drug-likeness (QED) is 0.251. The summed E-state index contributed by atoms with van der Waals surface area (Å²) in [6, 6.07) is 5.22. The predicted molar refractivity (Wildman–Crippen MR) is 140 cm³/mol. The van der Waals surface area contributed by atoms with Gasteiger partial charge in [0.15, 0.2) is 5.69 Å². The number of rotatable bonds is 7. The Morgan fingerprint density at radius 1 is 1.02 bits per heavy atom. The van der Waals surface area contributed by atoms with Crippen LogP contribution in [0.2, 0.25) is 5.02 Å². The molecule has 2 amide bonds. The standard InChI is InChI=1S/C25H22ClF3N6O6/c1-13-9-14(26)10-17(23(36)30-15-5-3-2-4-6-15)22(13)31-24(37)20-12-21(25(27,28)29)32-33(20)18-8-7-16(34(38)39)11-19(18)35(40)41/h7-12,15H,2-6H2,1H3,(H,30,36)(H,31,37). The van der Waals surface area contributed by atoms with Crippen molar-refractivity contribution in [3.63, 3.8) is 0 Å². The minimum Gasteiger partial charge on any atom is -0.349 e. The van der Waals surface area contributed by atoms with Gasteiger partial charge in [0.2, 0.25) is 0 Å². The van der Waals surface area contributed by atoms with Gasteiger partial charge >= 0.3 is 11.9 Å². The minimum absolute atomic E-state index is 0.0302. The number of nitro groups is 2. The highest BCUT2D eigenvalue weighted by atomic mass is 35.5. The fourth-order valence-corrected chi connectivity index (χ4v) is 4.86. The van der Waals surface area contributed by atoms with E-state index in [1.807, 2.05) is 0 Å². The van der Waals surface area contributed by atoms with Gasteiger partial charge in [0.05, 0.1) is 27.2 Å². The normalized spacial score (nSPS) is 14.0. The minimum atomic E-state index is -5.04. The van der Waals surface area contributed by atoms with E-state index in [2.05, 4.69) is 15.7 Å². The second-order valence-electron chi connectivity index (χ2n) is 9.42. The number of halogens is 4. The zero-order valence-electron chi connectivity index (χ0n) is 21.3. The zero-order chi connectivity index (χ0) is 30.1. The Hall–Kier alpha value is -4.53. The van der Waals surface area contributed by atoms with Gasteiger partial charge in [0, 0.05) is 23.2 Å². The summed E-state index contributed by atoms with van der Waals surface area (Å²) < 4.78 is 41.2. The number of carbonyl (C=O) groups excluding carboxylic acids is 2. The van der Waals surface area contributed by atoms with Crippen LogP contribution in [0.15, 0.2) is 36.4 Å². The van der Waals surface area contributed by atoms with Crippen LogP contribution in [0.5, 0.6) is 0 Å². The Morgan fingerprint density at radius 3 is 2.32 bits per heavy atom. The van der Waals surface area contributed by atoms with Crippen molar-refractivity contribution in [2.75, 3.05) is 5.32 Å². The van der Waals surface area contributed by atoms with Crippen molar-refractivity contribution < 1.29 is 32.6 Å². The van der Waals surface area contributed by atoms with Crippen LogP contribution in [0.4, 0.5) is 30.2 Å². The largest absolute Gasteiger partial charge is 0.435 e. The number of carbonyl (C=O) groups is 2. The number of nitrogens with zero attached hydrogens (tertiary/aromatic N) is 4. The van der Waals surface area contributed by atoms with Gasteiger partial charge in [-0.3, -0.25) is 29.8 Å². The van der Waals surface area contributed by atoms with E-state index in [0.717, 1.165) is 44.2 Å². The second kappa shape index (κ2) is 11.5. The molecule has 1 heterocycles. The number of hydrogen-bond acceptors (Lipinski definition) is 7. The molecular weight excluding hydrogens is 573 g/mol. The van der Waals surface area contributed by atoms with E-state index in [1.54, 1.807) is 0 Å². The van der Waals surface area contributed by atoms with Crippen LogP contribution in [0.3, 0.4) is 0 Å². The molecule has 12 nitrogen and oxygen atoms in total. The Kier molecular flexibility index (Phi) is 8.28. The summed E-state index contributed by atoms with van der Waals surface area (Å²) >= 11 is 6.16. The lowest BCUT2D eigenvalue weighted by atomic mass is 9.95. The lowest BCUT2D eigenvalue weighted by Gasteiger charge is -2.24. The first kappa shape index (κ1) is 29.5. The molecule has 0 saturated heterocycles.